The Bertz CT molecular complexity index is 1210. The zero-order valence-corrected chi connectivity index (χ0v) is 20.0. The SMILES string of the molecule is Cc1[nH]c(C(=O)N[C@@H]2CCN(c3nc(-c4csc(N)n4)c(OC(=O)O)s3)C[C@@H]2F)c(Cl)c1Cl. The number of halogens is 3. The summed E-state index contributed by atoms with van der Waals surface area (Å²) in [6.07, 6.45) is -2.64. The first-order chi connectivity index (χ1) is 15.6. The van der Waals surface area contributed by atoms with Gasteiger partial charge < -0.3 is 30.8 Å². The van der Waals surface area contributed by atoms with E-state index in [1.807, 2.05) is 0 Å². The number of alkyl halides is 1. The van der Waals surface area contributed by atoms with E-state index in [0.717, 1.165) is 11.3 Å². The van der Waals surface area contributed by atoms with Gasteiger partial charge in [0.1, 0.15) is 23.3 Å². The minimum atomic E-state index is -1.50. The van der Waals surface area contributed by atoms with Gasteiger partial charge in [-0.15, -0.1) is 11.3 Å². The molecule has 176 valence electrons. The number of amides is 1. The molecule has 15 heteroatoms. The third-order valence-electron chi connectivity index (χ3n) is 4.94. The molecule has 4 heterocycles. The Labute approximate surface area is 204 Å². The van der Waals surface area contributed by atoms with Gasteiger partial charge in [0, 0.05) is 17.6 Å². The Morgan fingerprint density at radius 3 is 2.73 bits per heavy atom. The van der Waals surface area contributed by atoms with E-state index in [-0.39, 0.29) is 39.5 Å². The van der Waals surface area contributed by atoms with E-state index < -0.39 is 24.3 Å². The first-order valence-corrected chi connectivity index (χ1v) is 12.0. The Morgan fingerprint density at radius 2 is 2.15 bits per heavy atom. The second-order valence-corrected chi connectivity index (χ2v) is 9.74. The largest absolute Gasteiger partial charge is 0.512 e. The van der Waals surface area contributed by atoms with E-state index in [2.05, 4.69) is 20.3 Å². The van der Waals surface area contributed by atoms with Crippen LogP contribution in [0.2, 0.25) is 10.0 Å². The summed E-state index contributed by atoms with van der Waals surface area (Å²) in [5, 5.41) is 14.3. The average Bonchev–Trinajstić information content (AvgIpc) is 3.43. The maximum absolute atomic E-state index is 15.0. The maximum Gasteiger partial charge on any atom is 0.512 e. The molecule has 0 saturated carbocycles. The number of ether oxygens (including phenoxy) is 1. The van der Waals surface area contributed by atoms with Crippen LogP contribution in [0.3, 0.4) is 0 Å². The number of hydrogen-bond donors (Lipinski definition) is 4. The third kappa shape index (κ3) is 4.86. The minimum absolute atomic E-state index is 0.0160. The number of nitrogens with one attached hydrogen (secondary N) is 2. The van der Waals surface area contributed by atoms with Gasteiger partial charge in [-0.3, -0.25) is 4.79 Å². The van der Waals surface area contributed by atoms with Gasteiger partial charge in [0.25, 0.3) is 5.91 Å². The summed E-state index contributed by atoms with van der Waals surface area (Å²) in [4.78, 5) is 36.6. The smallest absolute Gasteiger partial charge is 0.449 e. The molecule has 0 bridgehead atoms. The highest BCUT2D eigenvalue weighted by atomic mass is 35.5. The number of aromatic nitrogens is 3. The van der Waals surface area contributed by atoms with Crippen LogP contribution in [-0.4, -0.2) is 57.4 Å². The van der Waals surface area contributed by atoms with Gasteiger partial charge in [0.05, 0.1) is 22.6 Å². The molecule has 1 saturated heterocycles. The summed E-state index contributed by atoms with van der Waals surface area (Å²) >= 11 is 14.2. The van der Waals surface area contributed by atoms with Crippen molar-refractivity contribution in [1.29, 1.82) is 0 Å². The van der Waals surface area contributed by atoms with Crippen LogP contribution in [0.4, 0.5) is 19.4 Å². The normalized spacial score (nSPS) is 18.4. The van der Waals surface area contributed by atoms with Crippen molar-refractivity contribution in [2.24, 2.45) is 0 Å². The lowest BCUT2D eigenvalue weighted by Crippen LogP contribution is -2.52. The molecule has 0 aromatic carbocycles. The van der Waals surface area contributed by atoms with Crippen molar-refractivity contribution in [2.45, 2.75) is 25.6 Å². The third-order valence-corrected chi connectivity index (χ3v) is 7.55. The number of nitrogens with zero attached hydrogens (tertiary/aromatic N) is 3. The van der Waals surface area contributed by atoms with Crippen molar-refractivity contribution >= 4 is 68.2 Å². The Kier molecular flexibility index (Phi) is 6.66. The summed E-state index contributed by atoms with van der Waals surface area (Å²) in [7, 11) is 0. The van der Waals surface area contributed by atoms with Crippen molar-refractivity contribution in [3.8, 4) is 16.5 Å². The van der Waals surface area contributed by atoms with Crippen LogP contribution in [0.5, 0.6) is 5.06 Å². The molecule has 1 fully saturated rings. The molecule has 10 nitrogen and oxygen atoms in total. The fourth-order valence-electron chi connectivity index (χ4n) is 3.35. The van der Waals surface area contributed by atoms with Crippen molar-refractivity contribution in [1.82, 2.24) is 20.3 Å². The second-order valence-electron chi connectivity index (χ2n) is 7.16. The zero-order valence-electron chi connectivity index (χ0n) is 16.9. The number of carbonyl (C=O) groups excluding carboxylic acids is 1. The van der Waals surface area contributed by atoms with Gasteiger partial charge >= 0.3 is 6.16 Å². The molecule has 0 radical (unpaired) electrons. The molecule has 1 aliphatic rings. The van der Waals surface area contributed by atoms with Crippen LogP contribution < -0.4 is 20.7 Å². The molecule has 4 rings (SSSR count). The average molecular weight is 535 g/mol. The highest BCUT2D eigenvalue weighted by Crippen LogP contribution is 2.41. The number of anilines is 2. The van der Waals surface area contributed by atoms with E-state index in [0.29, 0.717) is 28.2 Å². The molecule has 1 amide bonds. The number of hydrogen-bond acceptors (Lipinski definition) is 9. The Morgan fingerprint density at radius 1 is 1.39 bits per heavy atom. The van der Waals surface area contributed by atoms with Crippen molar-refractivity contribution < 1.29 is 23.8 Å². The molecule has 0 unspecified atom stereocenters. The van der Waals surface area contributed by atoms with Crippen LogP contribution in [-0.2, 0) is 0 Å². The summed E-state index contributed by atoms with van der Waals surface area (Å²) < 4.78 is 19.8. The van der Waals surface area contributed by atoms with Gasteiger partial charge in [0.2, 0.25) is 5.06 Å². The first kappa shape index (κ1) is 23.5. The van der Waals surface area contributed by atoms with E-state index in [9.17, 15) is 14.0 Å². The van der Waals surface area contributed by atoms with Crippen molar-refractivity contribution in [2.75, 3.05) is 23.7 Å². The number of thiazole rings is 2. The molecule has 3 aromatic heterocycles. The summed E-state index contributed by atoms with van der Waals surface area (Å²) in [5.41, 5.74) is 6.87. The monoisotopic (exact) mass is 534 g/mol. The van der Waals surface area contributed by atoms with E-state index in [1.165, 1.54) is 11.3 Å². The number of piperidine rings is 1. The number of aryl methyl sites for hydroxylation is 1. The first-order valence-electron chi connectivity index (χ1n) is 9.50. The quantitative estimate of drug-likeness (QED) is 0.356. The number of carbonyl (C=O) groups is 2. The molecule has 0 aliphatic carbocycles. The lowest BCUT2D eigenvalue weighted by atomic mass is 10.0. The fraction of sp³-hybridized carbons (Fsp3) is 0.333. The standard InChI is InChI=1S/C18H17Cl2FN6O4S2/c1-6-10(19)11(20)13(23-6)14(28)24-8-2-3-27(4-7(8)21)17-26-12(9-5-32-16(22)25-9)15(33-17)31-18(29)30/h5,7-8,23H,2-4H2,1H3,(H2,22,25)(H,24,28)(H,29,30)/t7-,8+/m0/s1. The number of nitrogen functional groups attached to an aromatic ring is 1. The zero-order chi connectivity index (χ0) is 23.9. The molecule has 3 aromatic rings. The highest BCUT2D eigenvalue weighted by molar-refractivity contribution is 7.18. The van der Waals surface area contributed by atoms with Gasteiger partial charge in [-0.1, -0.05) is 34.5 Å². The van der Waals surface area contributed by atoms with E-state index in [4.69, 9.17) is 38.8 Å². The van der Waals surface area contributed by atoms with Crippen LogP contribution in [0, 0.1) is 6.92 Å². The van der Waals surface area contributed by atoms with Crippen molar-refractivity contribution in [3.05, 3.63) is 26.8 Å². The molecule has 0 spiro atoms. The number of aromatic amines is 1. The highest BCUT2D eigenvalue weighted by Gasteiger charge is 2.34. The van der Waals surface area contributed by atoms with Crippen LogP contribution >= 0.6 is 45.9 Å². The van der Waals surface area contributed by atoms with Gasteiger partial charge in [-0.05, 0) is 13.3 Å². The lowest BCUT2D eigenvalue weighted by Gasteiger charge is -2.34. The molecule has 33 heavy (non-hydrogen) atoms. The van der Waals surface area contributed by atoms with E-state index in [1.54, 1.807) is 17.2 Å². The molecule has 1 aliphatic heterocycles. The fourth-order valence-corrected chi connectivity index (χ4v) is 5.27. The van der Waals surface area contributed by atoms with Crippen LogP contribution in [0.25, 0.3) is 11.4 Å². The molecule has 2 atom stereocenters. The topological polar surface area (TPSA) is 146 Å². The Balaban J connectivity index is 1.48. The van der Waals surface area contributed by atoms with E-state index >= 15 is 0 Å². The number of nitrogens with two attached hydrogens (primary N) is 1. The second kappa shape index (κ2) is 9.33. The van der Waals surface area contributed by atoms with Crippen LogP contribution in [0.15, 0.2) is 5.38 Å². The maximum atomic E-state index is 15.0. The van der Waals surface area contributed by atoms with Gasteiger partial charge in [0.15, 0.2) is 10.3 Å². The number of carboxylic acid groups (broad SMARTS) is 1. The molecule has 5 N–H and O–H groups in total. The van der Waals surface area contributed by atoms with Gasteiger partial charge in [-0.25, -0.2) is 19.2 Å². The van der Waals surface area contributed by atoms with Crippen LogP contribution in [0.1, 0.15) is 22.6 Å². The predicted molar refractivity (Wildman–Crippen MR) is 125 cm³/mol. The van der Waals surface area contributed by atoms with Crippen molar-refractivity contribution in [3.63, 3.8) is 0 Å². The lowest BCUT2D eigenvalue weighted by molar-refractivity contribution is 0.0894. The number of rotatable bonds is 5. The van der Waals surface area contributed by atoms with Gasteiger partial charge in [-0.2, -0.15) is 0 Å². The summed E-state index contributed by atoms with van der Waals surface area (Å²) in [6, 6.07) is -0.750. The minimum Gasteiger partial charge on any atom is -0.449 e. The molecular formula is C18H17Cl2FN6O4S2. The number of H-pyrrole nitrogens is 1. The predicted octanol–water partition coefficient (Wildman–Crippen LogP) is 4.20. The Hall–Kier alpha value is -2.61. The molecular weight excluding hydrogens is 518 g/mol. The summed E-state index contributed by atoms with van der Waals surface area (Å²) in [6.45, 7) is 1.97. The summed E-state index contributed by atoms with van der Waals surface area (Å²) in [5.74, 6) is -0.550.